The molecule has 110 valence electrons. The fourth-order valence-electron chi connectivity index (χ4n) is 1.89. The zero-order valence-corrected chi connectivity index (χ0v) is 11.8. The van der Waals surface area contributed by atoms with Gasteiger partial charge in [-0.2, -0.15) is 0 Å². The number of nitrogens with one attached hydrogen (secondary N) is 1. The number of rotatable bonds is 6. The molecule has 0 aromatic heterocycles. The van der Waals surface area contributed by atoms with Gasteiger partial charge in [0.05, 0.1) is 17.1 Å². The lowest BCUT2D eigenvalue weighted by Gasteiger charge is -2.24. The predicted octanol–water partition coefficient (Wildman–Crippen LogP) is 1.24. The molecular formula is C13H19N3O4. The molecular weight excluding hydrogens is 262 g/mol. The van der Waals surface area contributed by atoms with Crippen LogP contribution in [0.25, 0.3) is 0 Å². The monoisotopic (exact) mass is 281 g/mol. The molecule has 0 radical (unpaired) electrons. The van der Waals surface area contributed by atoms with Gasteiger partial charge < -0.3 is 10.4 Å². The highest BCUT2D eigenvalue weighted by Crippen LogP contribution is 2.22. The Hall–Kier alpha value is -1.99. The number of carbonyl (C=O) groups is 1. The maximum absolute atomic E-state index is 11.8. The van der Waals surface area contributed by atoms with Gasteiger partial charge in [0.15, 0.2) is 0 Å². The van der Waals surface area contributed by atoms with Crippen molar-refractivity contribution in [3.8, 4) is 0 Å². The molecule has 0 unspecified atom stereocenters. The van der Waals surface area contributed by atoms with Crippen molar-refractivity contribution in [3.05, 3.63) is 34.4 Å². The molecule has 0 fully saturated rings. The fourth-order valence-corrected chi connectivity index (χ4v) is 1.89. The van der Waals surface area contributed by atoms with E-state index < -0.39 is 10.5 Å². The second-order valence-corrected chi connectivity index (χ2v) is 5.31. The molecule has 1 amide bonds. The predicted molar refractivity (Wildman–Crippen MR) is 75.5 cm³/mol. The number of para-hydroxylation sites is 2. The average molecular weight is 281 g/mol. The Morgan fingerprint density at radius 2 is 2.05 bits per heavy atom. The highest BCUT2D eigenvalue weighted by atomic mass is 16.6. The molecule has 7 heteroatoms. The summed E-state index contributed by atoms with van der Waals surface area (Å²) in [5.74, 6) is -0.369. The molecule has 0 heterocycles. The zero-order chi connectivity index (χ0) is 15.3. The maximum atomic E-state index is 11.8. The number of hydrogen-bond donors (Lipinski definition) is 2. The van der Waals surface area contributed by atoms with Crippen molar-refractivity contribution in [1.29, 1.82) is 0 Å². The quantitative estimate of drug-likeness (QED) is 0.604. The largest absolute Gasteiger partial charge is 0.389 e. The molecule has 1 aromatic carbocycles. The molecule has 0 saturated carbocycles. The molecule has 7 nitrogen and oxygen atoms in total. The number of amides is 1. The van der Waals surface area contributed by atoms with Gasteiger partial charge >= 0.3 is 0 Å². The molecule has 1 aromatic rings. The number of hydrogen-bond acceptors (Lipinski definition) is 5. The van der Waals surface area contributed by atoms with Crippen LogP contribution in [-0.2, 0) is 4.79 Å². The fraction of sp³-hybridized carbons (Fsp3) is 0.462. The van der Waals surface area contributed by atoms with Gasteiger partial charge in [-0.05, 0) is 27.0 Å². The van der Waals surface area contributed by atoms with E-state index in [1.165, 1.54) is 18.2 Å². The van der Waals surface area contributed by atoms with Gasteiger partial charge in [0, 0.05) is 12.6 Å². The minimum absolute atomic E-state index is 0.0377. The lowest BCUT2D eigenvalue weighted by atomic mass is 10.1. The Labute approximate surface area is 117 Å². The first-order chi connectivity index (χ1) is 9.19. The second kappa shape index (κ2) is 6.44. The second-order valence-electron chi connectivity index (χ2n) is 5.31. The van der Waals surface area contributed by atoms with Crippen molar-refractivity contribution < 1.29 is 14.8 Å². The molecule has 20 heavy (non-hydrogen) atoms. The summed E-state index contributed by atoms with van der Waals surface area (Å²) in [6.07, 6.45) is 0. The van der Waals surface area contributed by atoms with Crippen LogP contribution in [0.4, 0.5) is 11.4 Å². The lowest BCUT2D eigenvalue weighted by molar-refractivity contribution is -0.383. The van der Waals surface area contributed by atoms with E-state index in [0.29, 0.717) is 6.54 Å². The van der Waals surface area contributed by atoms with Crippen LogP contribution >= 0.6 is 0 Å². The molecule has 0 aliphatic heterocycles. The van der Waals surface area contributed by atoms with E-state index in [1.807, 2.05) is 0 Å². The molecule has 0 spiro atoms. The third kappa shape index (κ3) is 5.33. The Bertz CT molecular complexity index is 497. The van der Waals surface area contributed by atoms with E-state index in [9.17, 15) is 20.0 Å². The Balaban J connectivity index is 2.66. The number of anilines is 1. The SMILES string of the molecule is CN(CC(=O)Nc1ccccc1[N+](=O)[O-])CC(C)(C)O. The van der Waals surface area contributed by atoms with Crippen molar-refractivity contribution in [3.63, 3.8) is 0 Å². The van der Waals surface area contributed by atoms with Gasteiger partial charge in [-0.1, -0.05) is 12.1 Å². The molecule has 0 saturated heterocycles. The molecule has 0 atom stereocenters. The van der Waals surface area contributed by atoms with Gasteiger partial charge in [-0.25, -0.2) is 0 Å². The van der Waals surface area contributed by atoms with E-state index in [4.69, 9.17) is 0 Å². The minimum atomic E-state index is -0.909. The van der Waals surface area contributed by atoms with Gasteiger partial charge in [0.25, 0.3) is 5.69 Å². The number of likely N-dealkylation sites (N-methyl/N-ethyl adjacent to an activating group) is 1. The Morgan fingerprint density at radius 3 is 2.60 bits per heavy atom. The highest BCUT2D eigenvalue weighted by Gasteiger charge is 2.19. The van der Waals surface area contributed by atoms with E-state index in [1.54, 1.807) is 31.9 Å². The first kappa shape index (κ1) is 16.1. The molecule has 0 bridgehead atoms. The van der Waals surface area contributed by atoms with E-state index in [0.717, 1.165) is 0 Å². The van der Waals surface area contributed by atoms with Crippen LogP contribution in [0.3, 0.4) is 0 Å². The van der Waals surface area contributed by atoms with Gasteiger partial charge in [0.1, 0.15) is 5.69 Å². The third-order valence-corrected chi connectivity index (χ3v) is 2.45. The van der Waals surface area contributed by atoms with Crippen LogP contribution in [0.15, 0.2) is 24.3 Å². The standard InChI is InChI=1S/C13H19N3O4/c1-13(2,18)9-15(3)8-12(17)14-10-6-4-5-7-11(10)16(19)20/h4-7,18H,8-9H2,1-3H3,(H,14,17). The summed E-state index contributed by atoms with van der Waals surface area (Å²) >= 11 is 0. The topological polar surface area (TPSA) is 95.7 Å². The van der Waals surface area contributed by atoms with Crippen LogP contribution in [-0.4, -0.2) is 46.6 Å². The van der Waals surface area contributed by atoms with Crippen molar-refractivity contribution in [2.45, 2.75) is 19.4 Å². The van der Waals surface area contributed by atoms with Crippen LogP contribution in [0.2, 0.25) is 0 Å². The van der Waals surface area contributed by atoms with Crippen molar-refractivity contribution in [1.82, 2.24) is 4.90 Å². The summed E-state index contributed by atoms with van der Waals surface area (Å²) in [5.41, 5.74) is -0.890. The third-order valence-electron chi connectivity index (χ3n) is 2.45. The van der Waals surface area contributed by atoms with Crippen LogP contribution in [0.1, 0.15) is 13.8 Å². The normalized spacial score (nSPS) is 11.4. The van der Waals surface area contributed by atoms with Crippen molar-refractivity contribution >= 4 is 17.3 Å². The summed E-state index contributed by atoms with van der Waals surface area (Å²) in [5, 5.41) is 23.0. The van der Waals surface area contributed by atoms with Crippen LogP contribution < -0.4 is 5.32 Å². The number of nitrogens with zero attached hydrogens (tertiary/aromatic N) is 2. The molecule has 1 rings (SSSR count). The average Bonchev–Trinajstić information content (AvgIpc) is 2.26. The lowest BCUT2D eigenvalue weighted by Crippen LogP contribution is -2.40. The smallest absolute Gasteiger partial charge is 0.292 e. The molecule has 2 N–H and O–H groups in total. The Kier molecular flexibility index (Phi) is 5.18. The van der Waals surface area contributed by atoms with Crippen molar-refractivity contribution in [2.24, 2.45) is 0 Å². The van der Waals surface area contributed by atoms with Gasteiger partial charge in [-0.3, -0.25) is 19.8 Å². The summed E-state index contributed by atoms with van der Waals surface area (Å²) in [6.45, 7) is 3.64. The minimum Gasteiger partial charge on any atom is -0.389 e. The van der Waals surface area contributed by atoms with Crippen LogP contribution in [0, 0.1) is 10.1 Å². The van der Waals surface area contributed by atoms with E-state index >= 15 is 0 Å². The zero-order valence-electron chi connectivity index (χ0n) is 11.8. The summed E-state index contributed by atoms with van der Waals surface area (Å²) in [4.78, 5) is 23.7. The number of benzene rings is 1. The number of carbonyl (C=O) groups excluding carboxylic acids is 1. The molecule has 0 aliphatic carbocycles. The first-order valence-electron chi connectivity index (χ1n) is 6.13. The Morgan fingerprint density at radius 1 is 1.45 bits per heavy atom. The van der Waals surface area contributed by atoms with Gasteiger partial charge in [-0.15, -0.1) is 0 Å². The first-order valence-corrected chi connectivity index (χ1v) is 6.13. The van der Waals surface area contributed by atoms with Gasteiger partial charge in [0.2, 0.25) is 5.91 Å². The number of aliphatic hydroxyl groups is 1. The summed E-state index contributed by atoms with van der Waals surface area (Å²) in [6, 6.07) is 5.96. The summed E-state index contributed by atoms with van der Waals surface area (Å²) < 4.78 is 0. The molecule has 0 aliphatic rings. The van der Waals surface area contributed by atoms with Crippen LogP contribution in [0.5, 0.6) is 0 Å². The maximum Gasteiger partial charge on any atom is 0.292 e. The van der Waals surface area contributed by atoms with Crippen molar-refractivity contribution in [2.75, 3.05) is 25.5 Å². The van der Waals surface area contributed by atoms with E-state index in [2.05, 4.69) is 5.32 Å². The highest BCUT2D eigenvalue weighted by molar-refractivity contribution is 5.94. The number of nitro benzene ring substituents is 1. The summed E-state index contributed by atoms with van der Waals surface area (Å²) in [7, 11) is 1.69. The number of nitro groups is 1. The van der Waals surface area contributed by atoms with E-state index in [-0.39, 0.29) is 23.8 Å².